The zero-order valence-electron chi connectivity index (χ0n) is 9.07. The first-order valence-corrected chi connectivity index (χ1v) is 5.06. The van der Waals surface area contributed by atoms with Gasteiger partial charge in [-0.25, -0.2) is 4.68 Å². The minimum Gasteiger partial charge on any atom is -0.316 e. The summed E-state index contributed by atoms with van der Waals surface area (Å²) in [6.07, 6.45) is 1.99. The fourth-order valence-corrected chi connectivity index (χ4v) is 1.62. The van der Waals surface area contributed by atoms with Crippen LogP contribution >= 0.6 is 0 Å². The van der Waals surface area contributed by atoms with Crippen LogP contribution in [0.3, 0.4) is 0 Å². The Morgan fingerprint density at radius 3 is 2.73 bits per heavy atom. The van der Waals surface area contributed by atoms with Crippen LogP contribution in [0, 0.1) is 6.92 Å². The Bertz CT molecular complexity index is 446. The van der Waals surface area contributed by atoms with Gasteiger partial charge in [-0.3, -0.25) is 0 Å². The maximum absolute atomic E-state index is 4.41. The second-order valence-electron chi connectivity index (χ2n) is 3.56. The Balaban J connectivity index is 2.42. The molecule has 0 radical (unpaired) electrons. The number of hydrogen-bond acceptors (Lipinski definition) is 2. The van der Waals surface area contributed by atoms with Gasteiger partial charge in [0.1, 0.15) is 0 Å². The van der Waals surface area contributed by atoms with Crippen LogP contribution in [0.1, 0.15) is 11.3 Å². The Hall–Kier alpha value is -1.61. The van der Waals surface area contributed by atoms with Crippen molar-refractivity contribution in [2.75, 3.05) is 7.05 Å². The maximum Gasteiger partial charge on any atom is 0.0690 e. The third-order valence-corrected chi connectivity index (χ3v) is 2.33. The van der Waals surface area contributed by atoms with Crippen LogP contribution in [0.5, 0.6) is 0 Å². The van der Waals surface area contributed by atoms with Gasteiger partial charge in [0.25, 0.3) is 0 Å². The van der Waals surface area contributed by atoms with Crippen molar-refractivity contribution < 1.29 is 0 Å². The van der Waals surface area contributed by atoms with Crippen LogP contribution in [0.15, 0.2) is 36.5 Å². The topological polar surface area (TPSA) is 29.9 Å². The molecule has 1 heterocycles. The first kappa shape index (κ1) is 9.93. The summed E-state index contributed by atoms with van der Waals surface area (Å²) in [7, 11) is 1.95. The van der Waals surface area contributed by atoms with E-state index in [1.165, 1.54) is 5.56 Å². The van der Waals surface area contributed by atoms with E-state index in [-0.39, 0.29) is 0 Å². The molecule has 0 unspecified atom stereocenters. The first-order valence-electron chi connectivity index (χ1n) is 5.06. The zero-order valence-corrected chi connectivity index (χ0v) is 9.07. The Morgan fingerprint density at radius 1 is 1.27 bits per heavy atom. The van der Waals surface area contributed by atoms with E-state index in [1.807, 2.05) is 43.0 Å². The van der Waals surface area contributed by atoms with E-state index < -0.39 is 0 Å². The number of benzene rings is 1. The standard InChI is InChI=1S/C12H15N3/c1-10-7-8-15(14-10)12-6-4-3-5-11(12)9-13-2/h3-8,13H,9H2,1-2H3. The second kappa shape index (κ2) is 4.28. The summed E-state index contributed by atoms with van der Waals surface area (Å²) in [6, 6.07) is 10.3. The lowest BCUT2D eigenvalue weighted by atomic mass is 10.2. The molecular weight excluding hydrogens is 186 g/mol. The average molecular weight is 201 g/mol. The van der Waals surface area contributed by atoms with E-state index in [4.69, 9.17) is 0 Å². The third-order valence-electron chi connectivity index (χ3n) is 2.33. The number of para-hydroxylation sites is 1. The largest absolute Gasteiger partial charge is 0.316 e. The molecule has 1 aromatic carbocycles. The third kappa shape index (κ3) is 2.07. The van der Waals surface area contributed by atoms with Gasteiger partial charge in [0.15, 0.2) is 0 Å². The molecule has 0 spiro atoms. The van der Waals surface area contributed by atoms with Crippen LogP contribution in [-0.2, 0) is 6.54 Å². The second-order valence-corrected chi connectivity index (χ2v) is 3.56. The summed E-state index contributed by atoms with van der Waals surface area (Å²) in [4.78, 5) is 0. The smallest absolute Gasteiger partial charge is 0.0690 e. The lowest BCUT2D eigenvalue weighted by molar-refractivity contribution is 0.785. The van der Waals surface area contributed by atoms with Gasteiger partial charge < -0.3 is 5.32 Å². The maximum atomic E-state index is 4.41. The summed E-state index contributed by atoms with van der Waals surface area (Å²) < 4.78 is 1.92. The number of aryl methyl sites for hydroxylation is 1. The van der Waals surface area contributed by atoms with E-state index in [2.05, 4.69) is 22.5 Å². The number of nitrogens with zero attached hydrogens (tertiary/aromatic N) is 2. The summed E-state index contributed by atoms with van der Waals surface area (Å²) in [5.74, 6) is 0. The molecule has 0 fully saturated rings. The Kier molecular flexibility index (Phi) is 2.83. The fraction of sp³-hybridized carbons (Fsp3) is 0.250. The van der Waals surface area contributed by atoms with Crippen LogP contribution in [0.4, 0.5) is 0 Å². The van der Waals surface area contributed by atoms with Crippen LogP contribution in [-0.4, -0.2) is 16.8 Å². The highest BCUT2D eigenvalue weighted by Crippen LogP contribution is 2.13. The van der Waals surface area contributed by atoms with Crippen molar-refractivity contribution >= 4 is 0 Å². The van der Waals surface area contributed by atoms with Gasteiger partial charge in [0.2, 0.25) is 0 Å². The molecule has 0 saturated heterocycles. The monoisotopic (exact) mass is 201 g/mol. The average Bonchev–Trinajstić information content (AvgIpc) is 2.66. The lowest BCUT2D eigenvalue weighted by Gasteiger charge is -2.08. The SMILES string of the molecule is CNCc1ccccc1-n1ccc(C)n1. The summed E-state index contributed by atoms with van der Waals surface area (Å²) in [5.41, 5.74) is 3.43. The molecule has 0 saturated carbocycles. The van der Waals surface area contributed by atoms with Crippen molar-refractivity contribution in [2.24, 2.45) is 0 Å². The summed E-state index contributed by atoms with van der Waals surface area (Å²) >= 11 is 0. The Morgan fingerprint density at radius 2 is 2.07 bits per heavy atom. The van der Waals surface area contributed by atoms with E-state index in [9.17, 15) is 0 Å². The molecule has 2 rings (SSSR count). The lowest BCUT2D eigenvalue weighted by Crippen LogP contribution is -2.09. The van der Waals surface area contributed by atoms with Crippen molar-refractivity contribution in [3.05, 3.63) is 47.8 Å². The molecule has 3 heteroatoms. The summed E-state index contributed by atoms with van der Waals surface area (Å²) in [5, 5.41) is 7.57. The van der Waals surface area contributed by atoms with Gasteiger partial charge in [-0.1, -0.05) is 18.2 Å². The molecule has 15 heavy (non-hydrogen) atoms. The van der Waals surface area contributed by atoms with E-state index in [0.717, 1.165) is 17.9 Å². The van der Waals surface area contributed by atoms with Crippen molar-refractivity contribution in [1.82, 2.24) is 15.1 Å². The predicted octanol–water partition coefficient (Wildman–Crippen LogP) is 1.90. The van der Waals surface area contributed by atoms with E-state index in [1.54, 1.807) is 0 Å². The molecule has 2 aromatic rings. The quantitative estimate of drug-likeness (QED) is 0.822. The van der Waals surface area contributed by atoms with E-state index in [0.29, 0.717) is 0 Å². The van der Waals surface area contributed by atoms with Crippen LogP contribution in [0.25, 0.3) is 5.69 Å². The minimum absolute atomic E-state index is 0.856. The molecule has 0 amide bonds. The van der Waals surface area contributed by atoms with Gasteiger partial charge in [-0.15, -0.1) is 0 Å². The number of aromatic nitrogens is 2. The number of nitrogens with one attached hydrogen (secondary N) is 1. The van der Waals surface area contributed by atoms with Gasteiger partial charge in [0.05, 0.1) is 11.4 Å². The van der Waals surface area contributed by atoms with Crippen molar-refractivity contribution in [3.8, 4) is 5.69 Å². The highest BCUT2D eigenvalue weighted by Gasteiger charge is 2.03. The van der Waals surface area contributed by atoms with Crippen molar-refractivity contribution in [2.45, 2.75) is 13.5 Å². The zero-order chi connectivity index (χ0) is 10.7. The Labute approximate surface area is 89.7 Å². The van der Waals surface area contributed by atoms with Crippen LogP contribution < -0.4 is 5.32 Å². The van der Waals surface area contributed by atoms with Crippen LogP contribution in [0.2, 0.25) is 0 Å². The van der Waals surface area contributed by atoms with Gasteiger partial charge in [0, 0.05) is 12.7 Å². The molecule has 1 N–H and O–H groups in total. The minimum atomic E-state index is 0.856. The molecule has 0 aliphatic carbocycles. The molecule has 0 atom stereocenters. The fourth-order valence-electron chi connectivity index (χ4n) is 1.62. The molecule has 0 aliphatic rings. The number of rotatable bonds is 3. The molecule has 1 aromatic heterocycles. The highest BCUT2D eigenvalue weighted by atomic mass is 15.3. The molecule has 0 bridgehead atoms. The first-order chi connectivity index (χ1) is 7.31. The summed E-state index contributed by atoms with van der Waals surface area (Å²) in [6.45, 7) is 2.85. The van der Waals surface area contributed by atoms with Gasteiger partial charge in [-0.2, -0.15) is 5.10 Å². The van der Waals surface area contributed by atoms with E-state index >= 15 is 0 Å². The van der Waals surface area contributed by atoms with Gasteiger partial charge >= 0.3 is 0 Å². The molecule has 78 valence electrons. The molecular formula is C12H15N3. The predicted molar refractivity (Wildman–Crippen MR) is 61.1 cm³/mol. The molecule has 0 aliphatic heterocycles. The highest BCUT2D eigenvalue weighted by molar-refractivity contribution is 5.40. The molecule has 3 nitrogen and oxygen atoms in total. The van der Waals surface area contributed by atoms with Gasteiger partial charge in [-0.05, 0) is 31.7 Å². The number of hydrogen-bond donors (Lipinski definition) is 1. The normalized spacial score (nSPS) is 10.5. The van der Waals surface area contributed by atoms with Crippen molar-refractivity contribution in [1.29, 1.82) is 0 Å². The van der Waals surface area contributed by atoms with Crippen molar-refractivity contribution in [3.63, 3.8) is 0 Å².